The van der Waals surface area contributed by atoms with E-state index in [1.807, 2.05) is 4.90 Å². The van der Waals surface area contributed by atoms with E-state index in [9.17, 15) is 13.2 Å². The average molecular weight is 706 g/mol. The van der Waals surface area contributed by atoms with E-state index in [0.29, 0.717) is 31.2 Å². The van der Waals surface area contributed by atoms with Gasteiger partial charge < -0.3 is 14.6 Å². The molecule has 3 aliphatic rings. The maximum absolute atomic E-state index is 13.6. The van der Waals surface area contributed by atoms with Crippen molar-refractivity contribution >= 4 is 45.0 Å². The Kier molecular flexibility index (Phi) is 10.2. The highest BCUT2D eigenvalue weighted by molar-refractivity contribution is 7.89. The summed E-state index contributed by atoms with van der Waals surface area (Å²) < 4.78 is 26.6. The average Bonchev–Trinajstić information content (AvgIpc) is 3.53. The third kappa shape index (κ3) is 7.12. The van der Waals surface area contributed by atoms with Crippen LogP contribution in [0.2, 0.25) is 5.02 Å². The lowest BCUT2D eigenvalue weighted by molar-refractivity contribution is -0.122. The Hall–Kier alpha value is -3.77. The molecular formula is C37H44ClN5O5S. The van der Waals surface area contributed by atoms with Gasteiger partial charge in [-0.2, -0.15) is 0 Å². The Morgan fingerprint density at radius 1 is 1.00 bits per heavy atom. The molecule has 3 fully saturated rings. The number of likely N-dealkylation sites (tertiary alicyclic amines) is 1. The van der Waals surface area contributed by atoms with Crippen LogP contribution in [0, 0.1) is 13.8 Å². The van der Waals surface area contributed by atoms with Gasteiger partial charge in [-0.05, 0) is 107 Å². The van der Waals surface area contributed by atoms with Gasteiger partial charge in [-0.15, -0.1) is 0 Å². The van der Waals surface area contributed by atoms with Crippen LogP contribution in [0.15, 0.2) is 71.6 Å². The lowest BCUT2D eigenvalue weighted by Gasteiger charge is -2.46. The number of amides is 1. The molecule has 49 heavy (non-hydrogen) atoms. The molecule has 12 heteroatoms. The number of aromatic nitrogens is 2. The molecular weight excluding hydrogens is 662 g/mol. The summed E-state index contributed by atoms with van der Waals surface area (Å²) in [6.45, 7) is 6.28. The van der Waals surface area contributed by atoms with Crippen LogP contribution in [0.4, 0.5) is 0 Å². The Balaban J connectivity index is 0.00000134. The zero-order chi connectivity index (χ0) is 34.9. The van der Waals surface area contributed by atoms with Crippen molar-refractivity contribution in [1.82, 2.24) is 19.4 Å². The highest BCUT2D eigenvalue weighted by atomic mass is 35.5. The minimum atomic E-state index is -4.04. The molecule has 3 N–H and O–H groups in total. The second-order valence-corrected chi connectivity index (χ2v) is 15.7. The highest BCUT2D eigenvalue weighted by Gasteiger charge is 2.44. The van der Waals surface area contributed by atoms with Crippen molar-refractivity contribution < 1.29 is 23.1 Å². The van der Waals surface area contributed by atoms with Gasteiger partial charge in [-0.3, -0.25) is 14.5 Å². The summed E-state index contributed by atoms with van der Waals surface area (Å²) in [4.78, 5) is 31.2. The minimum absolute atomic E-state index is 0.0164. The van der Waals surface area contributed by atoms with E-state index in [1.165, 1.54) is 41.6 Å². The molecule has 3 saturated heterocycles. The fourth-order valence-corrected chi connectivity index (χ4v) is 9.69. The number of hydrogen-bond donors (Lipinski definition) is 2. The molecule has 4 aromatic rings. The monoisotopic (exact) mass is 705 g/mol. The number of halogens is 1. The van der Waals surface area contributed by atoms with Crippen LogP contribution in [-0.4, -0.2) is 77.0 Å². The number of nitrogens with two attached hydrogens (primary N) is 1. The number of aryl methyl sites for hydroxylation is 2. The molecule has 2 bridgehead atoms. The molecule has 7 rings (SSSR count). The topological polar surface area (TPSA) is 139 Å². The van der Waals surface area contributed by atoms with E-state index >= 15 is 0 Å². The fourth-order valence-electron chi connectivity index (χ4n) is 8.62. The maximum Gasteiger partial charge on any atom is 0.290 e. The van der Waals surface area contributed by atoms with Crippen molar-refractivity contribution in [3.63, 3.8) is 0 Å². The molecule has 1 aromatic heterocycles. The minimum Gasteiger partial charge on any atom is -0.483 e. The molecule has 0 spiro atoms. The summed E-state index contributed by atoms with van der Waals surface area (Å²) in [5.41, 5.74) is 5.18. The van der Waals surface area contributed by atoms with E-state index in [0.717, 1.165) is 50.0 Å². The molecule has 1 unspecified atom stereocenters. The predicted octanol–water partition coefficient (Wildman–Crippen LogP) is 6.09. The predicted molar refractivity (Wildman–Crippen MR) is 190 cm³/mol. The second kappa shape index (κ2) is 14.2. The second-order valence-electron chi connectivity index (χ2n) is 13.8. The van der Waals surface area contributed by atoms with E-state index in [-0.39, 0.29) is 33.3 Å². The third-order valence-corrected chi connectivity index (χ3v) is 12.4. The molecule has 260 valence electrons. The van der Waals surface area contributed by atoms with Crippen LogP contribution >= 0.6 is 11.6 Å². The number of nitrogens with zero attached hydrogens (tertiary/aromatic N) is 4. The molecule has 4 heterocycles. The van der Waals surface area contributed by atoms with Gasteiger partial charge in [-0.1, -0.05) is 53.6 Å². The number of piperidine rings is 2. The van der Waals surface area contributed by atoms with Crippen molar-refractivity contribution in [2.24, 2.45) is 5.14 Å². The van der Waals surface area contributed by atoms with E-state index in [2.05, 4.69) is 71.8 Å². The smallest absolute Gasteiger partial charge is 0.290 e. The summed E-state index contributed by atoms with van der Waals surface area (Å²) in [5, 5.41) is 12.3. The summed E-state index contributed by atoms with van der Waals surface area (Å²) in [7, 11) is -4.04. The number of carbonyl (C=O) groups is 2. The summed E-state index contributed by atoms with van der Waals surface area (Å²) in [6, 6.07) is 23.3. The molecule has 3 aliphatic heterocycles. The van der Waals surface area contributed by atoms with Gasteiger partial charge in [0.1, 0.15) is 10.7 Å². The number of carboxylic acid groups (broad SMARTS) is 1. The van der Waals surface area contributed by atoms with Gasteiger partial charge in [0.25, 0.3) is 12.4 Å². The number of rotatable bonds is 7. The van der Waals surface area contributed by atoms with Crippen molar-refractivity contribution in [2.45, 2.75) is 87.2 Å². The van der Waals surface area contributed by atoms with Crippen LogP contribution in [-0.2, 0) is 20.2 Å². The number of hydrogen-bond acceptors (Lipinski definition) is 6. The summed E-state index contributed by atoms with van der Waals surface area (Å²) >= 11 is 6.08. The summed E-state index contributed by atoms with van der Waals surface area (Å²) in [5.74, 6) is 0.917. The van der Waals surface area contributed by atoms with Gasteiger partial charge in [0.2, 0.25) is 10.0 Å². The number of benzene rings is 3. The SMILES string of the molecule is Cc1cccc(C2(CCN3[C@@H]4CC[C@H]3CC(n3c(C)nc5ccccc53)C4)CCN(C(=O)c3ccc(Cl)c(S(N)(=O)=O)c3)CC2)c1.O=CO. The first-order valence-corrected chi connectivity index (χ1v) is 18.8. The zero-order valence-electron chi connectivity index (χ0n) is 28.0. The Bertz CT molecular complexity index is 1940. The molecule has 0 aliphatic carbocycles. The first-order chi connectivity index (χ1) is 23.4. The Labute approximate surface area is 292 Å². The standard InChI is InChI=1S/C36H42ClN5O3S.CH2O2/c1-24-6-5-7-27(20-24)36(14-17-40(18-15-36)35(43)26-10-13-31(37)34(21-26)46(38,44)45)16-19-41-28-11-12-29(41)23-30(22-28)42-25(2)39-32-8-3-4-9-33(32)42;2-1-3/h3-10,13,20-21,28-30H,11-12,14-19,22-23H2,1-2H3,(H2,38,44,45);1H,(H,2,3)/t28-,29+,30?;. The van der Waals surface area contributed by atoms with Crippen molar-refractivity contribution in [3.8, 4) is 0 Å². The van der Waals surface area contributed by atoms with Crippen LogP contribution < -0.4 is 5.14 Å². The number of sulfonamides is 1. The highest BCUT2D eigenvalue weighted by Crippen LogP contribution is 2.45. The molecule has 0 saturated carbocycles. The normalized spacial score (nSPS) is 22.0. The van der Waals surface area contributed by atoms with Crippen LogP contribution in [0.25, 0.3) is 11.0 Å². The van der Waals surface area contributed by atoms with Crippen LogP contribution in [0.3, 0.4) is 0 Å². The molecule has 3 aromatic carbocycles. The molecule has 3 atom stereocenters. The fraction of sp³-hybridized carbons (Fsp3) is 0.432. The van der Waals surface area contributed by atoms with Crippen LogP contribution in [0.5, 0.6) is 0 Å². The first kappa shape index (κ1) is 35.1. The zero-order valence-corrected chi connectivity index (χ0v) is 29.5. The Morgan fingerprint density at radius 3 is 2.33 bits per heavy atom. The summed E-state index contributed by atoms with van der Waals surface area (Å²) in [6.07, 6.45) is 7.54. The van der Waals surface area contributed by atoms with Crippen molar-refractivity contribution in [3.05, 3.63) is 94.3 Å². The van der Waals surface area contributed by atoms with Gasteiger partial charge in [-0.25, -0.2) is 18.5 Å². The molecule has 0 radical (unpaired) electrons. The maximum atomic E-state index is 13.6. The van der Waals surface area contributed by atoms with E-state index < -0.39 is 10.0 Å². The van der Waals surface area contributed by atoms with Crippen LogP contribution in [0.1, 0.15) is 78.3 Å². The quantitative estimate of drug-likeness (QED) is 0.222. The van der Waals surface area contributed by atoms with E-state index in [4.69, 9.17) is 31.6 Å². The Morgan fingerprint density at radius 2 is 1.67 bits per heavy atom. The third-order valence-electron chi connectivity index (χ3n) is 11.0. The van der Waals surface area contributed by atoms with E-state index in [1.54, 1.807) is 6.07 Å². The number of imidazole rings is 1. The van der Waals surface area contributed by atoms with Gasteiger partial charge >= 0.3 is 0 Å². The van der Waals surface area contributed by atoms with Gasteiger partial charge in [0.05, 0.1) is 16.1 Å². The first-order valence-electron chi connectivity index (χ1n) is 16.9. The number of primary sulfonamides is 1. The number of para-hydroxylation sites is 2. The van der Waals surface area contributed by atoms with Gasteiger partial charge in [0.15, 0.2) is 0 Å². The molecule has 1 amide bonds. The largest absolute Gasteiger partial charge is 0.483 e. The van der Waals surface area contributed by atoms with Crippen molar-refractivity contribution in [1.29, 1.82) is 0 Å². The lowest BCUT2D eigenvalue weighted by atomic mass is 9.70. The number of fused-ring (bicyclic) bond motifs is 3. The van der Waals surface area contributed by atoms with Crippen molar-refractivity contribution in [2.75, 3.05) is 19.6 Å². The van der Waals surface area contributed by atoms with Gasteiger partial charge in [0, 0.05) is 36.8 Å². The lowest BCUT2D eigenvalue weighted by Crippen LogP contribution is -2.49. The number of carbonyl (C=O) groups excluding carboxylic acids is 1. The molecule has 10 nitrogen and oxygen atoms in total.